The molecule has 0 fully saturated rings. The van der Waals surface area contributed by atoms with Crippen LogP contribution < -0.4 is 5.73 Å². The first kappa shape index (κ1) is 14.3. The van der Waals surface area contributed by atoms with Crippen LogP contribution in [0.15, 0.2) is 41.5 Å². The van der Waals surface area contributed by atoms with Gasteiger partial charge in [0, 0.05) is 10.9 Å². The number of aliphatic imine (C=N–C) groups is 1. The summed E-state index contributed by atoms with van der Waals surface area (Å²) in [4.78, 5) is 3.99. The van der Waals surface area contributed by atoms with Crippen molar-refractivity contribution in [2.75, 3.05) is 5.33 Å². The number of rotatable bonds is 4. The highest BCUT2D eigenvalue weighted by atomic mass is 79.9. The van der Waals surface area contributed by atoms with E-state index in [1.54, 1.807) is 12.1 Å². The summed E-state index contributed by atoms with van der Waals surface area (Å²) in [5.41, 5.74) is 7.52. The average molecular weight is 334 g/mol. The van der Waals surface area contributed by atoms with Crippen molar-refractivity contribution >= 4 is 51.0 Å². The lowest BCUT2D eigenvalue weighted by Gasteiger charge is -2.06. The molecule has 0 spiro atoms. The van der Waals surface area contributed by atoms with Gasteiger partial charge in [-0.15, -0.1) is 0 Å². The Labute approximate surface area is 119 Å². The Morgan fingerprint density at radius 3 is 2.76 bits per heavy atom. The second-order valence-electron chi connectivity index (χ2n) is 3.17. The Morgan fingerprint density at radius 1 is 1.47 bits per heavy atom. The lowest BCUT2D eigenvalue weighted by Crippen LogP contribution is -1.92. The Hall–Kier alpha value is -0.770. The molecule has 1 aromatic rings. The average Bonchev–Trinajstić information content (AvgIpc) is 2.31. The van der Waals surface area contributed by atoms with Gasteiger partial charge in [0.2, 0.25) is 0 Å². The van der Waals surface area contributed by atoms with Gasteiger partial charge in [0.25, 0.3) is 0 Å². The van der Waals surface area contributed by atoms with Crippen LogP contribution in [0.25, 0.3) is 5.57 Å². The Balaban J connectivity index is 3.09. The van der Waals surface area contributed by atoms with E-state index >= 15 is 0 Å². The van der Waals surface area contributed by atoms with Gasteiger partial charge in [-0.3, -0.25) is 0 Å². The molecular weight excluding hydrogens is 323 g/mol. The van der Waals surface area contributed by atoms with Gasteiger partial charge in [0.1, 0.15) is 0 Å². The number of alkyl halides is 1. The molecule has 0 amide bonds. The molecule has 0 heterocycles. The van der Waals surface area contributed by atoms with E-state index in [9.17, 15) is 0 Å². The maximum atomic E-state index is 6.09. The van der Waals surface area contributed by atoms with Crippen molar-refractivity contribution < 1.29 is 0 Å². The fourth-order valence-corrected chi connectivity index (χ4v) is 1.97. The van der Waals surface area contributed by atoms with Crippen LogP contribution in [0.4, 0.5) is 0 Å². The highest BCUT2D eigenvalue weighted by Crippen LogP contribution is 2.30. The van der Waals surface area contributed by atoms with E-state index in [2.05, 4.69) is 27.5 Å². The Morgan fingerprint density at radius 2 is 2.18 bits per heavy atom. The number of nitrogens with zero attached hydrogens (tertiary/aromatic N) is 1. The number of hydrogen-bond acceptors (Lipinski definition) is 1. The molecule has 2 nitrogen and oxygen atoms in total. The maximum Gasteiger partial charge on any atom is 0.0856 e. The second-order valence-corrected chi connectivity index (χ2v) is 4.52. The van der Waals surface area contributed by atoms with Crippen LogP contribution in [-0.4, -0.2) is 11.7 Å². The normalized spacial score (nSPS) is 12.1. The van der Waals surface area contributed by atoms with Crippen molar-refractivity contribution in [2.24, 2.45) is 10.7 Å². The minimum Gasteiger partial charge on any atom is -0.390 e. The molecule has 2 N–H and O–H groups in total. The first-order valence-electron chi connectivity index (χ1n) is 4.74. The SMILES string of the molecule is C=C(/C=C(/CBr)N=CN)c1cccc(Cl)c1Cl. The fourth-order valence-electron chi connectivity index (χ4n) is 1.24. The smallest absolute Gasteiger partial charge is 0.0856 e. The zero-order valence-corrected chi connectivity index (χ0v) is 12.1. The van der Waals surface area contributed by atoms with Crippen LogP contribution >= 0.6 is 39.1 Å². The monoisotopic (exact) mass is 332 g/mol. The minimum atomic E-state index is 0.487. The number of hydrogen-bond donors (Lipinski definition) is 1. The van der Waals surface area contributed by atoms with Gasteiger partial charge in [0.15, 0.2) is 0 Å². The predicted molar refractivity (Wildman–Crippen MR) is 80.1 cm³/mol. The summed E-state index contributed by atoms with van der Waals surface area (Å²) >= 11 is 15.3. The van der Waals surface area contributed by atoms with Crippen LogP contribution in [0.1, 0.15) is 5.56 Å². The van der Waals surface area contributed by atoms with E-state index < -0.39 is 0 Å². The highest BCUT2D eigenvalue weighted by molar-refractivity contribution is 9.09. The van der Waals surface area contributed by atoms with Crippen molar-refractivity contribution in [2.45, 2.75) is 0 Å². The van der Waals surface area contributed by atoms with Gasteiger partial charge in [-0.05, 0) is 17.7 Å². The molecule has 1 aromatic carbocycles. The fraction of sp³-hybridized carbons (Fsp3) is 0.0833. The summed E-state index contributed by atoms with van der Waals surface area (Å²) in [6.07, 6.45) is 3.04. The third-order valence-corrected chi connectivity index (χ3v) is 3.41. The quantitative estimate of drug-likeness (QED) is 0.380. The van der Waals surface area contributed by atoms with Crippen LogP contribution in [0.5, 0.6) is 0 Å². The molecule has 0 aliphatic rings. The number of halogens is 3. The minimum absolute atomic E-state index is 0.487. The first-order chi connectivity index (χ1) is 8.10. The van der Waals surface area contributed by atoms with Crippen molar-refractivity contribution in [1.82, 2.24) is 0 Å². The van der Waals surface area contributed by atoms with Gasteiger partial charge in [0.05, 0.1) is 22.1 Å². The van der Waals surface area contributed by atoms with E-state index in [1.165, 1.54) is 6.34 Å². The van der Waals surface area contributed by atoms with Crippen LogP contribution in [0.2, 0.25) is 10.0 Å². The van der Waals surface area contributed by atoms with Crippen LogP contribution in [0.3, 0.4) is 0 Å². The summed E-state index contributed by atoms with van der Waals surface area (Å²) in [6.45, 7) is 3.94. The standard InChI is InChI=1S/C12H11BrCl2N2/c1-8(5-9(6-13)17-7-16)10-3-2-4-11(14)12(10)15/h2-5,7H,1,6H2,(H2,16,17)/b9-5-. The zero-order valence-electron chi connectivity index (χ0n) is 8.96. The maximum absolute atomic E-state index is 6.09. The van der Waals surface area contributed by atoms with E-state index in [1.807, 2.05) is 12.1 Å². The molecule has 0 radical (unpaired) electrons. The van der Waals surface area contributed by atoms with E-state index in [-0.39, 0.29) is 0 Å². The zero-order chi connectivity index (χ0) is 12.8. The molecule has 0 aliphatic heterocycles. The number of benzene rings is 1. The van der Waals surface area contributed by atoms with E-state index in [0.717, 1.165) is 16.8 Å². The summed E-state index contributed by atoms with van der Waals surface area (Å²) in [6, 6.07) is 5.40. The summed E-state index contributed by atoms with van der Waals surface area (Å²) in [5, 5.41) is 1.57. The van der Waals surface area contributed by atoms with Crippen molar-refractivity contribution in [1.29, 1.82) is 0 Å². The summed E-state index contributed by atoms with van der Waals surface area (Å²) in [7, 11) is 0. The lowest BCUT2D eigenvalue weighted by molar-refractivity contribution is 1.33. The largest absolute Gasteiger partial charge is 0.390 e. The van der Waals surface area contributed by atoms with Gasteiger partial charge in [-0.25, -0.2) is 4.99 Å². The third-order valence-electron chi connectivity index (χ3n) is 2.02. The van der Waals surface area contributed by atoms with Gasteiger partial charge < -0.3 is 5.73 Å². The third kappa shape index (κ3) is 3.87. The number of nitrogens with two attached hydrogens (primary N) is 1. The van der Waals surface area contributed by atoms with Gasteiger partial charge >= 0.3 is 0 Å². The molecule has 1 rings (SSSR count). The highest BCUT2D eigenvalue weighted by Gasteiger charge is 2.06. The van der Waals surface area contributed by atoms with Crippen molar-refractivity contribution in [3.63, 3.8) is 0 Å². The Kier molecular flexibility index (Phi) is 5.75. The molecule has 0 unspecified atom stereocenters. The summed E-state index contributed by atoms with van der Waals surface area (Å²) < 4.78 is 0. The molecule has 0 saturated carbocycles. The lowest BCUT2D eigenvalue weighted by atomic mass is 10.1. The molecule has 0 saturated heterocycles. The molecule has 0 atom stereocenters. The molecule has 17 heavy (non-hydrogen) atoms. The summed E-state index contributed by atoms with van der Waals surface area (Å²) in [5.74, 6) is 0. The van der Waals surface area contributed by atoms with E-state index in [4.69, 9.17) is 28.9 Å². The molecule has 5 heteroatoms. The molecule has 0 aromatic heterocycles. The second kappa shape index (κ2) is 6.84. The van der Waals surface area contributed by atoms with Crippen LogP contribution in [0, 0.1) is 0 Å². The van der Waals surface area contributed by atoms with E-state index in [0.29, 0.717) is 15.4 Å². The molecule has 0 bridgehead atoms. The first-order valence-corrected chi connectivity index (χ1v) is 6.62. The predicted octanol–water partition coefficient (Wildman–Crippen LogP) is 4.27. The Bertz CT molecular complexity index is 481. The topological polar surface area (TPSA) is 38.4 Å². The van der Waals surface area contributed by atoms with Crippen LogP contribution in [-0.2, 0) is 0 Å². The molecular formula is C12H11BrCl2N2. The molecule has 0 aliphatic carbocycles. The molecule has 90 valence electrons. The van der Waals surface area contributed by atoms with Crippen molar-refractivity contribution in [3.8, 4) is 0 Å². The van der Waals surface area contributed by atoms with Gasteiger partial charge in [-0.1, -0.05) is 57.8 Å². The van der Waals surface area contributed by atoms with Crippen molar-refractivity contribution in [3.05, 3.63) is 52.2 Å². The number of allylic oxidation sites excluding steroid dienone is 3. The van der Waals surface area contributed by atoms with Gasteiger partial charge in [-0.2, -0.15) is 0 Å².